The van der Waals surface area contributed by atoms with E-state index in [2.05, 4.69) is 46.8 Å². The van der Waals surface area contributed by atoms with Gasteiger partial charge in [-0.05, 0) is 62.1 Å². The predicted molar refractivity (Wildman–Crippen MR) is 83.5 cm³/mol. The van der Waals surface area contributed by atoms with Crippen molar-refractivity contribution < 1.29 is 0 Å². The Bertz CT molecular complexity index is 440. The van der Waals surface area contributed by atoms with Crippen molar-refractivity contribution in [1.82, 2.24) is 0 Å². The van der Waals surface area contributed by atoms with Crippen molar-refractivity contribution in [3.8, 4) is 0 Å². The van der Waals surface area contributed by atoms with E-state index in [9.17, 15) is 0 Å². The van der Waals surface area contributed by atoms with Crippen LogP contribution in [0.15, 0.2) is 12.1 Å². The van der Waals surface area contributed by atoms with E-state index >= 15 is 0 Å². The molecular formula is C18H29N. The second-order valence-electron chi connectivity index (χ2n) is 6.95. The van der Waals surface area contributed by atoms with Crippen LogP contribution in [0, 0.1) is 32.6 Å². The molecule has 1 aromatic rings. The molecule has 1 saturated carbocycles. The van der Waals surface area contributed by atoms with Crippen LogP contribution in [-0.2, 0) is 6.42 Å². The molecule has 1 aliphatic carbocycles. The van der Waals surface area contributed by atoms with Crippen LogP contribution in [0.3, 0.4) is 0 Å². The number of benzene rings is 1. The Morgan fingerprint density at radius 1 is 1.16 bits per heavy atom. The molecule has 0 aromatic heterocycles. The highest BCUT2D eigenvalue weighted by Gasteiger charge is 2.38. The molecule has 0 saturated heterocycles. The smallest absolute Gasteiger partial charge is 0.0223 e. The molecule has 1 nitrogen and oxygen atoms in total. The minimum atomic E-state index is -0.0115. The first-order valence-electron chi connectivity index (χ1n) is 7.69. The molecule has 3 atom stereocenters. The zero-order chi connectivity index (χ0) is 14.2. The predicted octanol–water partition coefficient (Wildman–Crippen LogP) is 4.31. The van der Waals surface area contributed by atoms with Crippen molar-refractivity contribution in [3.63, 3.8) is 0 Å². The molecule has 0 heterocycles. The maximum atomic E-state index is 6.80. The van der Waals surface area contributed by atoms with Gasteiger partial charge in [0.2, 0.25) is 0 Å². The van der Waals surface area contributed by atoms with Crippen LogP contribution >= 0.6 is 0 Å². The summed E-state index contributed by atoms with van der Waals surface area (Å²) in [5, 5.41) is 0. The molecule has 1 aliphatic rings. The molecular weight excluding hydrogens is 230 g/mol. The molecule has 3 unspecified atom stereocenters. The van der Waals surface area contributed by atoms with Gasteiger partial charge in [-0.25, -0.2) is 0 Å². The minimum absolute atomic E-state index is 0.0115. The van der Waals surface area contributed by atoms with E-state index in [-0.39, 0.29) is 5.54 Å². The van der Waals surface area contributed by atoms with Crippen molar-refractivity contribution in [2.75, 3.05) is 0 Å². The Kier molecular flexibility index (Phi) is 4.06. The monoisotopic (exact) mass is 259 g/mol. The van der Waals surface area contributed by atoms with Crippen molar-refractivity contribution in [2.45, 2.75) is 65.8 Å². The molecule has 0 radical (unpaired) electrons. The fraction of sp³-hybridized carbons (Fsp3) is 0.667. The van der Waals surface area contributed by atoms with Gasteiger partial charge in [0.15, 0.2) is 0 Å². The zero-order valence-electron chi connectivity index (χ0n) is 13.2. The molecule has 1 heteroatoms. The summed E-state index contributed by atoms with van der Waals surface area (Å²) in [6.07, 6.45) is 4.83. The van der Waals surface area contributed by atoms with Crippen LogP contribution in [0.2, 0.25) is 0 Å². The Morgan fingerprint density at radius 2 is 1.74 bits per heavy atom. The van der Waals surface area contributed by atoms with E-state index in [0.717, 1.165) is 12.3 Å². The summed E-state index contributed by atoms with van der Waals surface area (Å²) in [5.74, 6) is 1.37. The van der Waals surface area contributed by atoms with Crippen LogP contribution < -0.4 is 5.73 Å². The highest BCUT2D eigenvalue weighted by atomic mass is 14.8. The lowest BCUT2D eigenvalue weighted by Gasteiger charge is -2.44. The molecule has 106 valence electrons. The van der Waals surface area contributed by atoms with Gasteiger partial charge in [0.05, 0.1) is 0 Å². The molecule has 0 bridgehead atoms. The Morgan fingerprint density at radius 3 is 2.32 bits per heavy atom. The Hall–Kier alpha value is -0.820. The van der Waals surface area contributed by atoms with E-state index in [0.29, 0.717) is 5.92 Å². The van der Waals surface area contributed by atoms with Crippen LogP contribution in [0.1, 0.15) is 55.4 Å². The van der Waals surface area contributed by atoms with Crippen LogP contribution in [-0.4, -0.2) is 5.54 Å². The van der Waals surface area contributed by atoms with Crippen molar-refractivity contribution >= 4 is 0 Å². The van der Waals surface area contributed by atoms with E-state index in [1.54, 1.807) is 0 Å². The topological polar surface area (TPSA) is 26.0 Å². The molecule has 2 rings (SSSR count). The summed E-state index contributed by atoms with van der Waals surface area (Å²) in [4.78, 5) is 0. The average Bonchev–Trinajstić information content (AvgIpc) is 2.31. The van der Waals surface area contributed by atoms with Gasteiger partial charge in [-0.2, -0.15) is 0 Å². The molecule has 2 N–H and O–H groups in total. The van der Waals surface area contributed by atoms with Gasteiger partial charge in [-0.1, -0.05) is 44.4 Å². The third-order valence-corrected chi connectivity index (χ3v) is 5.41. The normalized spacial score (nSPS) is 31.5. The Labute approximate surface area is 118 Å². The van der Waals surface area contributed by atoms with E-state index in [1.165, 1.54) is 41.5 Å². The van der Waals surface area contributed by atoms with Crippen molar-refractivity contribution in [3.05, 3.63) is 34.4 Å². The number of hydrogen-bond acceptors (Lipinski definition) is 1. The highest BCUT2D eigenvalue weighted by Crippen LogP contribution is 2.39. The van der Waals surface area contributed by atoms with Crippen molar-refractivity contribution in [2.24, 2.45) is 17.6 Å². The molecule has 0 amide bonds. The standard InChI is InChI=1S/C18H29N/c1-12-9-14(3)17(15(4)10-12)11-18(19)8-6-7-13(2)16(18)5/h9-10,13,16H,6-8,11,19H2,1-5H3. The third kappa shape index (κ3) is 2.86. The lowest BCUT2D eigenvalue weighted by atomic mass is 9.66. The van der Waals surface area contributed by atoms with Gasteiger partial charge in [-0.15, -0.1) is 0 Å². The molecule has 19 heavy (non-hydrogen) atoms. The van der Waals surface area contributed by atoms with Crippen LogP contribution in [0.5, 0.6) is 0 Å². The van der Waals surface area contributed by atoms with Crippen molar-refractivity contribution in [1.29, 1.82) is 0 Å². The number of aryl methyl sites for hydroxylation is 3. The molecule has 0 spiro atoms. The fourth-order valence-corrected chi connectivity index (χ4v) is 3.86. The molecule has 1 aromatic carbocycles. The van der Waals surface area contributed by atoms with Gasteiger partial charge >= 0.3 is 0 Å². The fourth-order valence-electron chi connectivity index (χ4n) is 3.86. The summed E-state index contributed by atoms with van der Waals surface area (Å²) in [6, 6.07) is 4.59. The number of rotatable bonds is 2. The number of hydrogen-bond donors (Lipinski definition) is 1. The number of nitrogens with two attached hydrogens (primary N) is 1. The zero-order valence-corrected chi connectivity index (χ0v) is 13.2. The van der Waals surface area contributed by atoms with Gasteiger partial charge < -0.3 is 5.73 Å². The molecule has 1 fully saturated rings. The van der Waals surface area contributed by atoms with E-state index in [4.69, 9.17) is 5.73 Å². The first-order chi connectivity index (χ1) is 8.83. The lowest BCUT2D eigenvalue weighted by Crippen LogP contribution is -2.52. The summed E-state index contributed by atoms with van der Waals surface area (Å²) < 4.78 is 0. The van der Waals surface area contributed by atoms with Gasteiger partial charge in [0.1, 0.15) is 0 Å². The SMILES string of the molecule is Cc1cc(C)c(CC2(N)CCCC(C)C2C)c(C)c1. The quantitative estimate of drug-likeness (QED) is 0.841. The van der Waals surface area contributed by atoms with Crippen LogP contribution in [0.25, 0.3) is 0 Å². The summed E-state index contributed by atoms with van der Waals surface area (Å²) >= 11 is 0. The van der Waals surface area contributed by atoms with Gasteiger partial charge in [0.25, 0.3) is 0 Å². The highest BCUT2D eigenvalue weighted by molar-refractivity contribution is 5.38. The second-order valence-corrected chi connectivity index (χ2v) is 6.95. The first kappa shape index (κ1) is 14.6. The summed E-state index contributed by atoms with van der Waals surface area (Å²) in [5.41, 5.74) is 12.4. The largest absolute Gasteiger partial charge is 0.325 e. The summed E-state index contributed by atoms with van der Waals surface area (Å²) in [6.45, 7) is 11.3. The first-order valence-corrected chi connectivity index (χ1v) is 7.69. The second kappa shape index (κ2) is 5.28. The van der Waals surface area contributed by atoms with Gasteiger partial charge in [-0.3, -0.25) is 0 Å². The molecule has 0 aliphatic heterocycles. The average molecular weight is 259 g/mol. The Balaban J connectivity index is 2.30. The summed E-state index contributed by atoms with van der Waals surface area (Å²) in [7, 11) is 0. The minimum Gasteiger partial charge on any atom is -0.325 e. The van der Waals surface area contributed by atoms with E-state index < -0.39 is 0 Å². The van der Waals surface area contributed by atoms with Crippen LogP contribution in [0.4, 0.5) is 0 Å². The maximum Gasteiger partial charge on any atom is 0.0223 e. The van der Waals surface area contributed by atoms with E-state index in [1.807, 2.05) is 0 Å². The third-order valence-electron chi connectivity index (χ3n) is 5.41. The maximum absolute atomic E-state index is 6.80. The lowest BCUT2D eigenvalue weighted by molar-refractivity contribution is 0.143. The van der Waals surface area contributed by atoms with Gasteiger partial charge in [0, 0.05) is 5.54 Å².